The van der Waals surface area contributed by atoms with Crippen LogP contribution in [-0.2, 0) is 0 Å². The second kappa shape index (κ2) is 5.69. The maximum atomic E-state index is 12.0. The summed E-state index contributed by atoms with van der Waals surface area (Å²) in [6.45, 7) is 5.84. The minimum Gasteiger partial charge on any atom is -0.319 e. The van der Waals surface area contributed by atoms with Gasteiger partial charge in [-0.1, -0.05) is 6.07 Å². The Morgan fingerprint density at radius 1 is 1.23 bits per heavy atom. The lowest BCUT2D eigenvalue weighted by atomic mass is 10.4. The predicted molar refractivity (Wildman–Crippen MR) is 85.6 cm³/mol. The Morgan fingerprint density at radius 3 is 2.50 bits per heavy atom. The number of rotatable bonds is 3. The number of hydrogen-bond donors (Lipinski definition) is 1. The summed E-state index contributed by atoms with van der Waals surface area (Å²) in [5.41, 5.74) is 2.53. The fraction of sp³-hybridized carbons (Fsp3) is 0.200. The van der Waals surface area contributed by atoms with Gasteiger partial charge in [0.2, 0.25) is 5.95 Å². The van der Waals surface area contributed by atoms with Gasteiger partial charge < -0.3 is 5.32 Å². The van der Waals surface area contributed by atoms with Crippen molar-refractivity contribution < 1.29 is 4.79 Å². The molecular weight excluding hydrogens is 298 g/mol. The van der Waals surface area contributed by atoms with E-state index in [1.807, 2.05) is 36.8 Å². The van der Waals surface area contributed by atoms with Crippen molar-refractivity contribution in [2.24, 2.45) is 0 Å². The molecule has 0 atom stereocenters. The van der Waals surface area contributed by atoms with Crippen molar-refractivity contribution in [3.05, 3.63) is 52.0 Å². The number of aromatic nitrogens is 4. The quantitative estimate of drug-likeness (QED) is 0.807. The third kappa shape index (κ3) is 2.62. The number of hydrogen-bond acceptors (Lipinski definition) is 5. The van der Waals surface area contributed by atoms with Crippen LogP contribution in [0.5, 0.6) is 0 Å². The van der Waals surface area contributed by atoms with Crippen molar-refractivity contribution in [2.75, 3.05) is 5.32 Å². The number of thiophene rings is 1. The molecule has 3 aromatic heterocycles. The summed E-state index contributed by atoms with van der Waals surface area (Å²) in [6, 6.07) is 3.61. The van der Waals surface area contributed by atoms with Crippen molar-refractivity contribution >= 4 is 22.9 Å². The van der Waals surface area contributed by atoms with Gasteiger partial charge in [0.25, 0.3) is 5.91 Å². The zero-order valence-corrected chi connectivity index (χ0v) is 13.3. The lowest BCUT2D eigenvalue weighted by Gasteiger charge is -2.07. The highest BCUT2D eigenvalue weighted by atomic mass is 32.1. The van der Waals surface area contributed by atoms with Gasteiger partial charge in [0.05, 0.1) is 28.7 Å². The molecule has 0 saturated heterocycles. The largest absolute Gasteiger partial charge is 0.319 e. The summed E-state index contributed by atoms with van der Waals surface area (Å²) in [7, 11) is 0. The SMILES string of the molecule is Cc1nc(C)n(-c2ncc(NC(=O)c3cccs3)cn2)c1C. The molecular formula is C15H15N5OS. The molecule has 22 heavy (non-hydrogen) atoms. The average Bonchev–Trinajstić information content (AvgIpc) is 3.10. The molecule has 0 bridgehead atoms. The Morgan fingerprint density at radius 2 is 1.95 bits per heavy atom. The molecule has 7 heteroatoms. The molecule has 0 radical (unpaired) electrons. The van der Waals surface area contributed by atoms with Crippen LogP contribution in [0.1, 0.15) is 26.9 Å². The molecule has 0 unspecified atom stereocenters. The monoisotopic (exact) mass is 313 g/mol. The van der Waals surface area contributed by atoms with E-state index >= 15 is 0 Å². The van der Waals surface area contributed by atoms with Crippen molar-refractivity contribution in [3.8, 4) is 5.95 Å². The van der Waals surface area contributed by atoms with Gasteiger partial charge in [-0.15, -0.1) is 11.3 Å². The first-order chi connectivity index (χ1) is 10.6. The second-order valence-electron chi connectivity index (χ2n) is 4.87. The van der Waals surface area contributed by atoms with Crippen LogP contribution >= 0.6 is 11.3 Å². The zero-order chi connectivity index (χ0) is 15.7. The van der Waals surface area contributed by atoms with E-state index in [0.717, 1.165) is 17.2 Å². The number of nitrogens with zero attached hydrogens (tertiary/aromatic N) is 4. The third-order valence-corrected chi connectivity index (χ3v) is 4.22. The fourth-order valence-corrected chi connectivity index (χ4v) is 2.79. The molecule has 1 amide bonds. The molecule has 0 spiro atoms. The molecule has 3 heterocycles. The molecule has 1 N–H and O–H groups in total. The van der Waals surface area contributed by atoms with Gasteiger partial charge in [-0.25, -0.2) is 15.0 Å². The molecule has 0 aliphatic rings. The Balaban J connectivity index is 1.82. The smallest absolute Gasteiger partial charge is 0.265 e. The molecule has 3 rings (SSSR count). The summed E-state index contributed by atoms with van der Waals surface area (Å²) in [6.07, 6.45) is 3.20. The number of anilines is 1. The highest BCUT2D eigenvalue weighted by molar-refractivity contribution is 7.12. The van der Waals surface area contributed by atoms with Crippen LogP contribution in [-0.4, -0.2) is 25.4 Å². The van der Waals surface area contributed by atoms with E-state index in [4.69, 9.17) is 0 Å². The number of carbonyl (C=O) groups excluding carboxylic acids is 1. The van der Waals surface area contributed by atoms with Gasteiger partial charge in [0, 0.05) is 5.69 Å². The normalized spacial score (nSPS) is 10.7. The van der Waals surface area contributed by atoms with Gasteiger partial charge in [0.15, 0.2) is 0 Å². The molecule has 0 fully saturated rings. The topological polar surface area (TPSA) is 72.7 Å². The van der Waals surface area contributed by atoms with Crippen LogP contribution < -0.4 is 5.32 Å². The van der Waals surface area contributed by atoms with Crippen LogP contribution in [0, 0.1) is 20.8 Å². The molecule has 112 valence electrons. The van der Waals surface area contributed by atoms with Gasteiger partial charge in [-0.05, 0) is 32.2 Å². The maximum absolute atomic E-state index is 12.0. The number of nitrogens with one attached hydrogen (secondary N) is 1. The summed E-state index contributed by atoms with van der Waals surface area (Å²) in [5.74, 6) is 1.23. The van der Waals surface area contributed by atoms with Gasteiger partial charge in [-0.2, -0.15) is 0 Å². The van der Waals surface area contributed by atoms with Crippen LogP contribution in [0.25, 0.3) is 5.95 Å². The number of aryl methyl sites for hydroxylation is 2. The van der Waals surface area contributed by atoms with Crippen molar-refractivity contribution in [3.63, 3.8) is 0 Å². The van der Waals surface area contributed by atoms with E-state index in [-0.39, 0.29) is 5.91 Å². The second-order valence-corrected chi connectivity index (χ2v) is 5.82. The van der Waals surface area contributed by atoms with Gasteiger partial charge >= 0.3 is 0 Å². The van der Waals surface area contributed by atoms with E-state index in [1.54, 1.807) is 18.5 Å². The highest BCUT2D eigenvalue weighted by Gasteiger charge is 2.12. The summed E-state index contributed by atoms with van der Waals surface area (Å²) < 4.78 is 1.89. The molecule has 0 aliphatic carbocycles. The number of amides is 1. The highest BCUT2D eigenvalue weighted by Crippen LogP contribution is 2.16. The van der Waals surface area contributed by atoms with Gasteiger partial charge in [0.1, 0.15) is 5.82 Å². The van der Waals surface area contributed by atoms with Gasteiger partial charge in [-0.3, -0.25) is 9.36 Å². The minimum absolute atomic E-state index is 0.155. The first-order valence-electron chi connectivity index (χ1n) is 6.76. The van der Waals surface area contributed by atoms with E-state index in [0.29, 0.717) is 16.5 Å². The maximum Gasteiger partial charge on any atom is 0.265 e. The molecule has 0 aliphatic heterocycles. The Labute approximate surface area is 131 Å². The third-order valence-electron chi connectivity index (χ3n) is 3.35. The lowest BCUT2D eigenvalue weighted by Crippen LogP contribution is -2.12. The molecule has 3 aromatic rings. The Hall–Kier alpha value is -2.54. The molecule has 6 nitrogen and oxygen atoms in total. The van der Waals surface area contributed by atoms with Crippen LogP contribution in [0.3, 0.4) is 0 Å². The summed E-state index contributed by atoms with van der Waals surface area (Å²) >= 11 is 1.39. The lowest BCUT2D eigenvalue weighted by molar-refractivity contribution is 0.103. The van der Waals surface area contributed by atoms with Crippen LogP contribution in [0.2, 0.25) is 0 Å². The van der Waals surface area contributed by atoms with Crippen LogP contribution in [0.15, 0.2) is 29.9 Å². The van der Waals surface area contributed by atoms with Crippen molar-refractivity contribution in [1.29, 1.82) is 0 Å². The number of carbonyl (C=O) groups is 1. The van der Waals surface area contributed by atoms with Crippen molar-refractivity contribution in [1.82, 2.24) is 19.5 Å². The Kier molecular flexibility index (Phi) is 3.72. The van der Waals surface area contributed by atoms with E-state index in [9.17, 15) is 4.79 Å². The molecule has 0 saturated carbocycles. The fourth-order valence-electron chi connectivity index (χ4n) is 2.17. The standard InChI is InChI=1S/C15H15N5OS/c1-9-10(2)20(11(3)18-9)15-16-7-12(8-17-15)19-14(21)13-5-4-6-22-13/h4-8H,1-3H3,(H,19,21). The first kappa shape index (κ1) is 14.4. The van der Waals surface area contributed by atoms with E-state index < -0.39 is 0 Å². The summed E-state index contributed by atoms with van der Waals surface area (Å²) in [4.78, 5) is 25.7. The zero-order valence-electron chi connectivity index (χ0n) is 12.5. The summed E-state index contributed by atoms with van der Waals surface area (Å²) in [5, 5.41) is 4.64. The van der Waals surface area contributed by atoms with Crippen LogP contribution in [0.4, 0.5) is 5.69 Å². The Bertz CT molecular complexity index is 805. The predicted octanol–water partition coefficient (Wildman–Crippen LogP) is 2.90. The minimum atomic E-state index is -0.155. The number of imidazole rings is 1. The average molecular weight is 313 g/mol. The van der Waals surface area contributed by atoms with Crippen molar-refractivity contribution in [2.45, 2.75) is 20.8 Å². The van der Waals surface area contributed by atoms with E-state index in [1.165, 1.54) is 11.3 Å². The van der Waals surface area contributed by atoms with E-state index in [2.05, 4.69) is 20.3 Å². The first-order valence-corrected chi connectivity index (χ1v) is 7.64. The molecule has 0 aromatic carbocycles.